The summed E-state index contributed by atoms with van der Waals surface area (Å²) in [4.78, 5) is 26.2. The predicted octanol–water partition coefficient (Wildman–Crippen LogP) is 2.40. The first-order chi connectivity index (χ1) is 12.9. The lowest BCUT2D eigenvalue weighted by Gasteiger charge is -2.31. The maximum atomic E-state index is 12.3. The van der Waals surface area contributed by atoms with Crippen LogP contribution < -0.4 is 10.1 Å². The van der Waals surface area contributed by atoms with Crippen molar-refractivity contribution in [3.63, 3.8) is 0 Å². The van der Waals surface area contributed by atoms with Crippen LogP contribution in [0.3, 0.4) is 0 Å². The molecule has 2 amide bonds. The molecule has 0 atom stereocenters. The SMILES string of the molecule is Cc1cc(C(=O)N2CCC(NC(=O)COc3ccc(C)c(C)c3)CC2)no1. The van der Waals surface area contributed by atoms with Crippen molar-refractivity contribution in [3.05, 3.63) is 46.8 Å². The van der Waals surface area contributed by atoms with Crippen molar-refractivity contribution in [1.82, 2.24) is 15.4 Å². The fourth-order valence-corrected chi connectivity index (χ4v) is 3.08. The third kappa shape index (κ3) is 4.87. The second kappa shape index (κ2) is 8.24. The molecule has 7 nitrogen and oxygen atoms in total. The number of aromatic nitrogens is 1. The fraction of sp³-hybridized carbons (Fsp3) is 0.450. The molecule has 1 saturated heterocycles. The molecule has 0 aliphatic carbocycles. The predicted molar refractivity (Wildman–Crippen MR) is 99.7 cm³/mol. The van der Waals surface area contributed by atoms with Gasteiger partial charge in [0.2, 0.25) is 0 Å². The highest BCUT2D eigenvalue weighted by molar-refractivity contribution is 5.92. The average Bonchev–Trinajstić information content (AvgIpc) is 3.09. The van der Waals surface area contributed by atoms with Crippen LogP contribution in [0.5, 0.6) is 5.75 Å². The van der Waals surface area contributed by atoms with Gasteiger partial charge in [-0.3, -0.25) is 9.59 Å². The van der Waals surface area contributed by atoms with Crippen LogP contribution in [-0.4, -0.2) is 47.6 Å². The van der Waals surface area contributed by atoms with E-state index in [1.54, 1.807) is 17.9 Å². The van der Waals surface area contributed by atoms with Crippen molar-refractivity contribution >= 4 is 11.8 Å². The van der Waals surface area contributed by atoms with E-state index in [0.29, 0.717) is 43.1 Å². The second-order valence-corrected chi connectivity index (χ2v) is 6.99. The van der Waals surface area contributed by atoms with Crippen LogP contribution in [0.4, 0.5) is 0 Å². The Hall–Kier alpha value is -2.83. The van der Waals surface area contributed by atoms with Gasteiger partial charge >= 0.3 is 0 Å². The first-order valence-electron chi connectivity index (χ1n) is 9.14. The van der Waals surface area contributed by atoms with Crippen molar-refractivity contribution in [2.24, 2.45) is 0 Å². The Labute approximate surface area is 158 Å². The number of aryl methyl sites for hydroxylation is 3. The maximum Gasteiger partial charge on any atom is 0.276 e. The number of carbonyl (C=O) groups excluding carboxylic acids is 2. The minimum absolute atomic E-state index is 0.0140. The number of carbonyl (C=O) groups is 2. The molecule has 1 fully saturated rings. The highest BCUT2D eigenvalue weighted by atomic mass is 16.5. The van der Waals surface area contributed by atoms with Gasteiger partial charge in [0.25, 0.3) is 11.8 Å². The molecule has 1 aromatic heterocycles. The van der Waals surface area contributed by atoms with Gasteiger partial charge in [-0.15, -0.1) is 0 Å². The molecule has 1 N–H and O–H groups in total. The van der Waals surface area contributed by atoms with Crippen LogP contribution in [0.25, 0.3) is 0 Å². The van der Waals surface area contributed by atoms with Crippen LogP contribution in [0, 0.1) is 20.8 Å². The van der Waals surface area contributed by atoms with Crippen molar-refractivity contribution < 1.29 is 18.8 Å². The zero-order chi connectivity index (χ0) is 19.4. The summed E-state index contributed by atoms with van der Waals surface area (Å²) < 4.78 is 10.5. The number of hydrogen-bond donors (Lipinski definition) is 1. The molecular weight excluding hydrogens is 346 g/mol. The van der Waals surface area contributed by atoms with Crippen molar-refractivity contribution in [3.8, 4) is 5.75 Å². The Morgan fingerprint density at radius 3 is 2.56 bits per heavy atom. The highest BCUT2D eigenvalue weighted by Gasteiger charge is 2.26. The monoisotopic (exact) mass is 371 g/mol. The lowest BCUT2D eigenvalue weighted by Crippen LogP contribution is -2.47. The van der Waals surface area contributed by atoms with Crippen LogP contribution in [0.2, 0.25) is 0 Å². The third-order valence-corrected chi connectivity index (χ3v) is 4.84. The number of hydrogen-bond acceptors (Lipinski definition) is 5. The molecule has 0 spiro atoms. The summed E-state index contributed by atoms with van der Waals surface area (Å²) in [5.41, 5.74) is 2.65. The number of rotatable bonds is 5. The largest absolute Gasteiger partial charge is 0.484 e. The van der Waals surface area contributed by atoms with E-state index in [1.807, 2.05) is 32.0 Å². The molecule has 2 aromatic rings. The molecule has 1 aliphatic heterocycles. The van der Waals surface area contributed by atoms with Gasteiger partial charge in [-0.2, -0.15) is 0 Å². The third-order valence-electron chi connectivity index (χ3n) is 4.84. The summed E-state index contributed by atoms with van der Waals surface area (Å²) in [7, 11) is 0. The zero-order valence-corrected chi connectivity index (χ0v) is 15.9. The number of benzene rings is 1. The lowest BCUT2D eigenvalue weighted by molar-refractivity contribution is -0.124. The van der Waals surface area contributed by atoms with Gasteiger partial charge < -0.3 is 19.5 Å². The van der Waals surface area contributed by atoms with E-state index in [0.717, 1.165) is 5.56 Å². The smallest absolute Gasteiger partial charge is 0.276 e. The summed E-state index contributed by atoms with van der Waals surface area (Å²) in [5, 5.41) is 6.75. The summed E-state index contributed by atoms with van der Waals surface area (Å²) in [6, 6.07) is 7.46. The molecule has 1 aliphatic rings. The van der Waals surface area contributed by atoms with Crippen LogP contribution in [0.15, 0.2) is 28.8 Å². The molecular formula is C20H25N3O4. The van der Waals surface area contributed by atoms with E-state index >= 15 is 0 Å². The lowest BCUT2D eigenvalue weighted by atomic mass is 10.0. The van der Waals surface area contributed by atoms with E-state index in [2.05, 4.69) is 10.5 Å². The number of nitrogens with one attached hydrogen (secondary N) is 1. The highest BCUT2D eigenvalue weighted by Crippen LogP contribution is 2.17. The molecule has 144 valence electrons. The molecule has 0 radical (unpaired) electrons. The first kappa shape index (κ1) is 18.9. The Balaban J connectivity index is 1.42. The summed E-state index contributed by atoms with van der Waals surface area (Å²) in [5.74, 6) is 1.03. The Kier molecular flexibility index (Phi) is 5.78. The molecule has 1 aromatic carbocycles. The van der Waals surface area contributed by atoms with Gasteiger partial charge in [0.05, 0.1) is 0 Å². The van der Waals surface area contributed by atoms with Crippen molar-refractivity contribution in [1.29, 1.82) is 0 Å². The Morgan fingerprint density at radius 2 is 1.93 bits per heavy atom. The normalized spacial score (nSPS) is 14.9. The first-order valence-corrected chi connectivity index (χ1v) is 9.14. The summed E-state index contributed by atoms with van der Waals surface area (Å²) in [6.45, 7) is 6.94. The minimum Gasteiger partial charge on any atom is -0.484 e. The Morgan fingerprint density at radius 1 is 1.19 bits per heavy atom. The van der Waals surface area contributed by atoms with Gasteiger partial charge in [-0.1, -0.05) is 11.2 Å². The van der Waals surface area contributed by atoms with Crippen molar-refractivity contribution in [2.75, 3.05) is 19.7 Å². The van der Waals surface area contributed by atoms with Gasteiger partial charge in [-0.25, -0.2) is 0 Å². The summed E-state index contributed by atoms with van der Waals surface area (Å²) >= 11 is 0. The van der Waals surface area contributed by atoms with Crippen LogP contribution in [-0.2, 0) is 4.79 Å². The van der Waals surface area contributed by atoms with Crippen LogP contribution >= 0.6 is 0 Å². The van der Waals surface area contributed by atoms with Gasteiger partial charge in [0, 0.05) is 25.2 Å². The van der Waals surface area contributed by atoms with E-state index in [9.17, 15) is 9.59 Å². The fourth-order valence-electron chi connectivity index (χ4n) is 3.08. The van der Waals surface area contributed by atoms with Crippen LogP contribution in [0.1, 0.15) is 40.2 Å². The van der Waals surface area contributed by atoms with E-state index < -0.39 is 0 Å². The second-order valence-electron chi connectivity index (χ2n) is 6.99. The van der Waals surface area contributed by atoms with Gasteiger partial charge in [-0.05, 0) is 56.9 Å². The standard InChI is InChI=1S/C20H25N3O4/c1-13-4-5-17(10-14(13)2)26-12-19(24)21-16-6-8-23(9-7-16)20(25)18-11-15(3)27-22-18/h4-5,10-11,16H,6-9,12H2,1-3H3,(H,21,24). The molecule has 27 heavy (non-hydrogen) atoms. The number of nitrogens with zero attached hydrogens (tertiary/aromatic N) is 2. The number of amides is 2. The van der Waals surface area contributed by atoms with E-state index in [1.165, 1.54) is 5.56 Å². The average molecular weight is 371 g/mol. The quantitative estimate of drug-likeness (QED) is 0.872. The van der Waals surface area contributed by atoms with Gasteiger partial charge in [0.15, 0.2) is 12.3 Å². The zero-order valence-electron chi connectivity index (χ0n) is 15.9. The molecule has 3 rings (SSSR count). The molecule has 0 bridgehead atoms. The molecule has 0 unspecified atom stereocenters. The van der Waals surface area contributed by atoms with Gasteiger partial charge in [0.1, 0.15) is 11.5 Å². The van der Waals surface area contributed by atoms with Crippen molar-refractivity contribution in [2.45, 2.75) is 39.7 Å². The Bertz CT molecular complexity index is 822. The number of likely N-dealkylation sites (tertiary alicyclic amines) is 1. The topological polar surface area (TPSA) is 84.7 Å². The molecule has 0 saturated carbocycles. The maximum absolute atomic E-state index is 12.3. The summed E-state index contributed by atoms with van der Waals surface area (Å²) in [6.07, 6.45) is 1.41. The number of ether oxygens (including phenoxy) is 1. The van der Waals surface area contributed by atoms with E-state index in [4.69, 9.17) is 9.26 Å². The minimum atomic E-state index is -0.148. The molecule has 2 heterocycles. The molecule has 7 heteroatoms. The van der Waals surface area contributed by atoms with E-state index in [-0.39, 0.29) is 24.5 Å². The number of piperidine rings is 1.